The van der Waals surface area contributed by atoms with Gasteiger partial charge in [-0.25, -0.2) is 4.79 Å². The molecule has 0 aromatic rings. The van der Waals surface area contributed by atoms with Crippen molar-refractivity contribution >= 4 is 27.8 Å². The molecule has 0 aromatic heterocycles. The van der Waals surface area contributed by atoms with Crippen molar-refractivity contribution in [3.8, 4) is 0 Å². The Bertz CT molecular complexity index is 332. The van der Waals surface area contributed by atoms with Crippen LogP contribution in [0.2, 0.25) is 0 Å². The van der Waals surface area contributed by atoms with E-state index in [-0.39, 0.29) is 11.9 Å². The number of esters is 1. The third-order valence-electron chi connectivity index (χ3n) is 2.37. The Balaban J connectivity index is 2.67. The average Bonchev–Trinajstić information content (AvgIpc) is 2.64. The number of thioether (sulfide) groups is 1. The zero-order chi connectivity index (χ0) is 12.2. The van der Waals surface area contributed by atoms with E-state index >= 15 is 0 Å². The highest BCUT2D eigenvalue weighted by Gasteiger charge is 2.36. The van der Waals surface area contributed by atoms with E-state index in [1.165, 1.54) is 0 Å². The van der Waals surface area contributed by atoms with Crippen molar-refractivity contribution in [2.45, 2.75) is 42.4 Å². The first kappa shape index (κ1) is 13.8. The van der Waals surface area contributed by atoms with E-state index in [0.717, 1.165) is 37.4 Å². The number of rotatable bonds is 5. The molecule has 1 fully saturated rings. The maximum absolute atomic E-state index is 11.4. The van der Waals surface area contributed by atoms with Crippen LogP contribution in [0.15, 0.2) is 0 Å². The average molecular weight is 268 g/mol. The van der Waals surface area contributed by atoms with Crippen LogP contribution in [0, 0.1) is 0 Å². The van der Waals surface area contributed by atoms with Gasteiger partial charge in [0.2, 0.25) is 4.58 Å². The lowest BCUT2D eigenvalue weighted by molar-refractivity contribution is -0.140. The number of ether oxygens (including phenoxy) is 1. The molecule has 7 heteroatoms. The Morgan fingerprint density at radius 2 is 2.06 bits per heavy atom. The largest absolute Gasteiger partial charge is 0.464 e. The van der Waals surface area contributed by atoms with Crippen molar-refractivity contribution in [2.24, 2.45) is 0 Å². The molecule has 0 amide bonds. The van der Waals surface area contributed by atoms with Crippen LogP contribution in [0.1, 0.15) is 32.6 Å². The lowest BCUT2D eigenvalue weighted by Gasteiger charge is -2.16. The first-order valence-electron chi connectivity index (χ1n) is 5.23. The molecular formula is C9H16O5S2. The van der Waals surface area contributed by atoms with Crippen molar-refractivity contribution < 1.29 is 22.5 Å². The predicted molar refractivity (Wildman–Crippen MR) is 61.8 cm³/mol. The molecule has 1 saturated carbocycles. The van der Waals surface area contributed by atoms with Gasteiger partial charge < -0.3 is 4.74 Å². The van der Waals surface area contributed by atoms with Crippen LogP contribution in [0.5, 0.6) is 0 Å². The zero-order valence-corrected chi connectivity index (χ0v) is 10.7. The maximum Gasteiger partial charge on any atom is 0.337 e. The lowest BCUT2D eigenvalue weighted by atomic mass is 10.4. The molecule has 1 aliphatic carbocycles. The van der Waals surface area contributed by atoms with Gasteiger partial charge in [-0.3, -0.25) is 4.55 Å². The van der Waals surface area contributed by atoms with Crippen molar-refractivity contribution in [2.75, 3.05) is 6.61 Å². The summed E-state index contributed by atoms with van der Waals surface area (Å²) in [6.45, 7) is 1.70. The number of hydrogen-bond acceptors (Lipinski definition) is 5. The number of carbonyl (C=O) groups excluding carboxylic acids is 1. The molecule has 94 valence electrons. The molecule has 16 heavy (non-hydrogen) atoms. The molecule has 0 bridgehead atoms. The second-order valence-electron chi connectivity index (χ2n) is 3.64. The highest BCUT2D eigenvalue weighted by Crippen LogP contribution is 2.34. The van der Waals surface area contributed by atoms with Gasteiger partial charge in [-0.15, -0.1) is 11.8 Å². The first-order valence-corrected chi connectivity index (χ1v) is 7.68. The number of carbonyl (C=O) groups is 1. The van der Waals surface area contributed by atoms with Gasteiger partial charge in [-0.05, 0) is 19.8 Å². The Hall–Kier alpha value is -0.270. The van der Waals surface area contributed by atoms with E-state index < -0.39 is 20.7 Å². The van der Waals surface area contributed by atoms with Gasteiger partial charge in [-0.2, -0.15) is 8.42 Å². The van der Waals surface area contributed by atoms with E-state index in [1.54, 1.807) is 6.92 Å². The summed E-state index contributed by atoms with van der Waals surface area (Å²) in [4.78, 5) is 11.4. The molecule has 0 heterocycles. The van der Waals surface area contributed by atoms with Crippen LogP contribution < -0.4 is 0 Å². The summed E-state index contributed by atoms with van der Waals surface area (Å²) in [5.74, 6) is -0.873. The van der Waals surface area contributed by atoms with Crippen molar-refractivity contribution in [3.05, 3.63) is 0 Å². The Morgan fingerprint density at radius 3 is 2.50 bits per heavy atom. The van der Waals surface area contributed by atoms with Gasteiger partial charge in [0.05, 0.1) is 6.61 Å². The molecule has 0 spiro atoms. The monoisotopic (exact) mass is 268 g/mol. The summed E-state index contributed by atoms with van der Waals surface area (Å²) in [6.07, 6.45) is 3.85. The van der Waals surface area contributed by atoms with E-state index in [2.05, 4.69) is 4.74 Å². The molecule has 1 N–H and O–H groups in total. The lowest BCUT2D eigenvalue weighted by Crippen LogP contribution is -2.30. The highest BCUT2D eigenvalue weighted by atomic mass is 32.3. The molecule has 0 saturated heterocycles. The van der Waals surface area contributed by atoms with Gasteiger partial charge in [-0.1, -0.05) is 12.8 Å². The smallest absolute Gasteiger partial charge is 0.337 e. The molecule has 1 aliphatic rings. The Morgan fingerprint density at radius 1 is 1.50 bits per heavy atom. The second-order valence-corrected chi connectivity index (χ2v) is 6.85. The van der Waals surface area contributed by atoms with Crippen molar-refractivity contribution in [1.82, 2.24) is 0 Å². The molecule has 5 nitrogen and oxygen atoms in total. The number of hydrogen-bond donors (Lipinski definition) is 1. The second kappa shape index (κ2) is 5.88. The van der Waals surface area contributed by atoms with Gasteiger partial charge in [0.25, 0.3) is 10.1 Å². The predicted octanol–water partition coefficient (Wildman–Crippen LogP) is 1.44. The third-order valence-corrected chi connectivity index (χ3v) is 5.46. The van der Waals surface area contributed by atoms with Gasteiger partial charge >= 0.3 is 5.97 Å². The maximum atomic E-state index is 11.4. The fraction of sp³-hybridized carbons (Fsp3) is 0.889. The van der Waals surface area contributed by atoms with E-state index in [4.69, 9.17) is 4.55 Å². The summed E-state index contributed by atoms with van der Waals surface area (Å²) in [5.41, 5.74) is 0. The van der Waals surface area contributed by atoms with E-state index in [1.807, 2.05) is 0 Å². The summed E-state index contributed by atoms with van der Waals surface area (Å²) >= 11 is 0.995. The molecule has 1 rings (SSSR count). The topological polar surface area (TPSA) is 80.7 Å². The fourth-order valence-corrected chi connectivity index (χ4v) is 4.14. The van der Waals surface area contributed by atoms with Crippen LogP contribution in [0.25, 0.3) is 0 Å². The van der Waals surface area contributed by atoms with Gasteiger partial charge in [0, 0.05) is 5.25 Å². The van der Waals surface area contributed by atoms with Crippen molar-refractivity contribution in [3.63, 3.8) is 0 Å². The minimum absolute atomic E-state index is 0.107. The summed E-state index contributed by atoms with van der Waals surface area (Å²) in [6, 6.07) is 0. The molecule has 0 aromatic carbocycles. The minimum Gasteiger partial charge on any atom is -0.464 e. The van der Waals surface area contributed by atoms with Crippen molar-refractivity contribution in [1.29, 1.82) is 0 Å². The van der Waals surface area contributed by atoms with Crippen LogP contribution >= 0.6 is 11.8 Å². The molecule has 1 unspecified atom stereocenters. The first-order chi connectivity index (χ1) is 7.45. The standard InChI is InChI=1S/C9H16O5S2/c1-2-14-8(10)9(16(11,12)13)15-7-5-3-4-6-7/h7,9H,2-6H2,1H3,(H,11,12,13). The molecule has 0 radical (unpaired) electrons. The summed E-state index contributed by atoms with van der Waals surface area (Å²) < 4.78 is 34.3. The van der Waals surface area contributed by atoms with Gasteiger partial charge in [0.15, 0.2) is 0 Å². The van der Waals surface area contributed by atoms with Crippen LogP contribution in [0.3, 0.4) is 0 Å². The molecule has 1 atom stereocenters. The van der Waals surface area contributed by atoms with Crippen LogP contribution in [0.4, 0.5) is 0 Å². The summed E-state index contributed by atoms with van der Waals surface area (Å²) in [5, 5.41) is 0.122. The quantitative estimate of drug-likeness (QED) is 0.600. The fourth-order valence-electron chi connectivity index (χ4n) is 1.66. The Kier molecular flexibility index (Phi) is 5.07. The van der Waals surface area contributed by atoms with E-state index in [9.17, 15) is 13.2 Å². The zero-order valence-electron chi connectivity index (χ0n) is 9.09. The SMILES string of the molecule is CCOC(=O)C(SC1CCCC1)S(=O)(=O)O. The third kappa shape index (κ3) is 3.95. The summed E-state index contributed by atoms with van der Waals surface area (Å²) in [7, 11) is -4.39. The molecular weight excluding hydrogens is 252 g/mol. The highest BCUT2D eigenvalue weighted by molar-refractivity contribution is 8.13. The van der Waals surface area contributed by atoms with E-state index in [0.29, 0.717) is 0 Å². The normalized spacial score (nSPS) is 19.6. The van der Waals surface area contributed by atoms with Crippen LogP contribution in [-0.2, 0) is 19.6 Å². The molecule has 0 aliphatic heterocycles. The minimum atomic E-state index is -4.39. The Labute approximate surface area is 99.7 Å². The van der Waals surface area contributed by atoms with Crippen LogP contribution in [-0.4, -0.2) is 35.4 Å². The van der Waals surface area contributed by atoms with Gasteiger partial charge in [0.1, 0.15) is 0 Å².